The largest absolute Gasteiger partial charge is 0.396 e. The van der Waals surface area contributed by atoms with Crippen LogP contribution in [0.1, 0.15) is 22.8 Å². The molecule has 134 valence electrons. The Morgan fingerprint density at radius 2 is 2.04 bits per heavy atom. The monoisotopic (exact) mass is 338 g/mol. The molecule has 2 N–H and O–H groups in total. The number of likely N-dealkylation sites (tertiary alicyclic amines) is 1. The van der Waals surface area contributed by atoms with Crippen molar-refractivity contribution in [3.8, 4) is 0 Å². The molecular formula is C18H27FN2O3. The number of aliphatic hydroxyl groups is 2. The van der Waals surface area contributed by atoms with Crippen LogP contribution in [0.4, 0.5) is 4.39 Å². The van der Waals surface area contributed by atoms with E-state index in [-0.39, 0.29) is 31.0 Å². The van der Waals surface area contributed by atoms with Crippen LogP contribution in [0.15, 0.2) is 18.2 Å². The minimum atomic E-state index is -0.418. The predicted molar refractivity (Wildman–Crippen MR) is 90.3 cm³/mol. The molecule has 0 spiro atoms. The van der Waals surface area contributed by atoms with Crippen LogP contribution in [0.5, 0.6) is 0 Å². The standard InChI is InChI=1S/C18H27FN2O3/c1-3-20(6-7-22)9-14-10-21(11-15(14)12-23)18(24)17-8-16(19)5-4-13(17)2/h4-5,8,14-15,22-23H,3,6-7,9-12H2,1-2H3/t14-,15-/m1/s1. The molecule has 0 aliphatic carbocycles. The van der Waals surface area contributed by atoms with Crippen LogP contribution in [0.25, 0.3) is 0 Å². The average Bonchev–Trinajstić information content (AvgIpc) is 2.98. The third kappa shape index (κ3) is 4.32. The van der Waals surface area contributed by atoms with Crippen LogP contribution in [-0.4, -0.2) is 71.9 Å². The molecule has 1 fully saturated rings. The molecule has 1 amide bonds. The number of halogens is 1. The van der Waals surface area contributed by atoms with Crippen LogP contribution in [0.3, 0.4) is 0 Å². The number of hydrogen-bond donors (Lipinski definition) is 2. The van der Waals surface area contributed by atoms with Crippen molar-refractivity contribution >= 4 is 5.91 Å². The van der Waals surface area contributed by atoms with Gasteiger partial charge in [-0.1, -0.05) is 13.0 Å². The topological polar surface area (TPSA) is 64.0 Å². The summed E-state index contributed by atoms with van der Waals surface area (Å²) < 4.78 is 13.5. The number of hydrogen-bond acceptors (Lipinski definition) is 4. The van der Waals surface area contributed by atoms with Gasteiger partial charge in [0.25, 0.3) is 5.91 Å². The third-order valence-electron chi connectivity index (χ3n) is 4.88. The summed E-state index contributed by atoms with van der Waals surface area (Å²) >= 11 is 0. The Bertz CT molecular complexity index is 567. The van der Waals surface area contributed by atoms with E-state index >= 15 is 0 Å². The number of aryl methyl sites for hydroxylation is 1. The number of nitrogens with zero attached hydrogens (tertiary/aromatic N) is 2. The number of rotatable bonds is 7. The second kappa shape index (κ2) is 8.55. The van der Waals surface area contributed by atoms with Gasteiger partial charge in [-0.25, -0.2) is 4.39 Å². The highest BCUT2D eigenvalue weighted by Crippen LogP contribution is 2.26. The van der Waals surface area contributed by atoms with E-state index in [1.807, 2.05) is 6.92 Å². The smallest absolute Gasteiger partial charge is 0.254 e. The summed E-state index contributed by atoms with van der Waals surface area (Å²) in [5.74, 6) is -0.438. The van der Waals surface area contributed by atoms with Gasteiger partial charge in [0, 0.05) is 44.3 Å². The summed E-state index contributed by atoms with van der Waals surface area (Å²) in [7, 11) is 0. The normalized spacial score (nSPS) is 20.8. The van der Waals surface area contributed by atoms with Gasteiger partial charge in [-0.15, -0.1) is 0 Å². The summed E-state index contributed by atoms with van der Waals surface area (Å²) in [6, 6.07) is 4.24. The number of likely N-dealkylation sites (N-methyl/N-ethyl adjacent to an activating group) is 1. The molecule has 0 saturated carbocycles. The van der Waals surface area contributed by atoms with Crippen LogP contribution in [-0.2, 0) is 0 Å². The van der Waals surface area contributed by atoms with Gasteiger partial charge in [-0.05, 0) is 37.1 Å². The highest BCUT2D eigenvalue weighted by molar-refractivity contribution is 5.95. The molecule has 2 atom stereocenters. The zero-order valence-corrected chi connectivity index (χ0v) is 14.4. The predicted octanol–water partition coefficient (Wildman–Crippen LogP) is 1.13. The first kappa shape index (κ1) is 18.8. The minimum absolute atomic E-state index is 0.00978. The van der Waals surface area contributed by atoms with Gasteiger partial charge in [-0.2, -0.15) is 0 Å². The average molecular weight is 338 g/mol. The lowest BCUT2D eigenvalue weighted by Gasteiger charge is -2.25. The van der Waals surface area contributed by atoms with E-state index in [2.05, 4.69) is 4.90 Å². The zero-order chi connectivity index (χ0) is 17.7. The van der Waals surface area contributed by atoms with Crippen molar-refractivity contribution in [2.45, 2.75) is 13.8 Å². The Balaban J connectivity index is 2.10. The van der Waals surface area contributed by atoms with E-state index in [0.29, 0.717) is 25.2 Å². The number of carbonyl (C=O) groups excluding carboxylic acids is 1. The quantitative estimate of drug-likeness (QED) is 0.782. The second-order valence-electron chi connectivity index (χ2n) is 6.49. The molecule has 1 saturated heterocycles. The molecule has 6 heteroatoms. The number of aliphatic hydroxyl groups excluding tert-OH is 2. The van der Waals surface area contributed by atoms with Gasteiger partial charge >= 0.3 is 0 Å². The fourth-order valence-electron chi connectivity index (χ4n) is 3.36. The molecule has 1 aliphatic rings. The molecule has 5 nitrogen and oxygen atoms in total. The van der Waals surface area contributed by atoms with Crippen molar-refractivity contribution in [3.05, 3.63) is 35.1 Å². The molecule has 0 bridgehead atoms. The Labute approximate surface area is 142 Å². The minimum Gasteiger partial charge on any atom is -0.396 e. The highest BCUT2D eigenvalue weighted by Gasteiger charge is 2.36. The molecular weight excluding hydrogens is 311 g/mol. The lowest BCUT2D eigenvalue weighted by atomic mass is 9.96. The Morgan fingerprint density at radius 1 is 1.33 bits per heavy atom. The van der Waals surface area contributed by atoms with E-state index in [1.54, 1.807) is 17.9 Å². The van der Waals surface area contributed by atoms with Gasteiger partial charge in [0.2, 0.25) is 0 Å². The summed E-state index contributed by atoms with van der Waals surface area (Å²) in [4.78, 5) is 16.6. The number of benzene rings is 1. The highest BCUT2D eigenvalue weighted by atomic mass is 19.1. The van der Waals surface area contributed by atoms with E-state index in [4.69, 9.17) is 5.11 Å². The Hall–Kier alpha value is -1.50. The molecule has 1 aromatic rings. The van der Waals surface area contributed by atoms with Gasteiger partial charge in [0.1, 0.15) is 5.82 Å². The Kier molecular flexibility index (Phi) is 6.71. The molecule has 1 heterocycles. The summed E-state index contributed by atoms with van der Waals surface area (Å²) in [5.41, 5.74) is 1.14. The van der Waals surface area contributed by atoms with Crippen LogP contribution in [0, 0.1) is 24.6 Å². The fourth-order valence-corrected chi connectivity index (χ4v) is 3.36. The second-order valence-corrected chi connectivity index (χ2v) is 6.49. The molecule has 2 rings (SSSR count). The van der Waals surface area contributed by atoms with Crippen molar-refractivity contribution in [2.24, 2.45) is 11.8 Å². The molecule has 0 unspecified atom stereocenters. The maximum atomic E-state index is 13.5. The van der Waals surface area contributed by atoms with Crippen LogP contribution < -0.4 is 0 Å². The number of carbonyl (C=O) groups is 1. The summed E-state index contributed by atoms with van der Waals surface area (Å²) in [6.45, 7) is 7.08. The van der Waals surface area contributed by atoms with Gasteiger partial charge in [-0.3, -0.25) is 4.79 Å². The van der Waals surface area contributed by atoms with Gasteiger partial charge in [0.15, 0.2) is 0 Å². The molecule has 1 aromatic carbocycles. The lowest BCUT2D eigenvalue weighted by molar-refractivity contribution is 0.0777. The zero-order valence-electron chi connectivity index (χ0n) is 14.4. The van der Waals surface area contributed by atoms with Gasteiger partial charge in [0.05, 0.1) is 6.61 Å². The Morgan fingerprint density at radius 3 is 2.67 bits per heavy atom. The van der Waals surface area contributed by atoms with E-state index in [0.717, 1.165) is 18.7 Å². The summed E-state index contributed by atoms with van der Waals surface area (Å²) in [5, 5.41) is 18.8. The molecule has 0 aromatic heterocycles. The van der Waals surface area contributed by atoms with Crippen molar-refractivity contribution < 1.29 is 19.4 Å². The fraction of sp³-hybridized carbons (Fsp3) is 0.611. The first-order valence-electron chi connectivity index (χ1n) is 8.49. The maximum Gasteiger partial charge on any atom is 0.254 e. The first-order valence-corrected chi connectivity index (χ1v) is 8.49. The lowest BCUT2D eigenvalue weighted by Crippen LogP contribution is -2.36. The summed E-state index contributed by atoms with van der Waals surface area (Å²) in [6.07, 6.45) is 0. The van der Waals surface area contributed by atoms with E-state index < -0.39 is 5.82 Å². The molecule has 0 radical (unpaired) electrons. The van der Waals surface area contributed by atoms with Crippen molar-refractivity contribution in [3.63, 3.8) is 0 Å². The van der Waals surface area contributed by atoms with Crippen LogP contribution in [0.2, 0.25) is 0 Å². The van der Waals surface area contributed by atoms with Crippen molar-refractivity contribution in [2.75, 3.05) is 45.9 Å². The van der Waals surface area contributed by atoms with Crippen molar-refractivity contribution in [1.82, 2.24) is 9.80 Å². The van der Waals surface area contributed by atoms with E-state index in [9.17, 15) is 14.3 Å². The SMILES string of the molecule is CCN(CCO)C[C@@H]1CN(C(=O)c2cc(F)ccc2C)C[C@@H]1CO. The molecule has 1 aliphatic heterocycles. The van der Waals surface area contributed by atoms with E-state index in [1.165, 1.54) is 12.1 Å². The van der Waals surface area contributed by atoms with Gasteiger partial charge < -0.3 is 20.0 Å². The number of amides is 1. The van der Waals surface area contributed by atoms with Crippen LogP contribution >= 0.6 is 0 Å². The first-order chi connectivity index (χ1) is 11.5. The molecule has 24 heavy (non-hydrogen) atoms. The maximum absolute atomic E-state index is 13.5. The van der Waals surface area contributed by atoms with Crippen molar-refractivity contribution in [1.29, 1.82) is 0 Å². The third-order valence-corrected chi connectivity index (χ3v) is 4.88.